The molecule has 0 saturated heterocycles. The van der Waals surface area contributed by atoms with Gasteiger partial charge in [0.25, 0.3) is 0 Å². The first kappa shape index (κ1) is 15.6. The van der Waals surface area contributed by atoms with Gasteiger partial charge in [0.05, 0.1) is 12.3 Å². The molecule has 0 radical (unpaired) electrons. The Labute approximate surface area is 132 Å². The van der Waals surface area contributed by atoms with Gasteiger partial charge in [-0.2, -0.15) is 0 Å². The molecular weight excluding hydrogens is 336 g/mol. The molecule has 2 rings (SSSR count). The maximum Gasteiger partial charge on any atom is 0.124 e. The lowest BCUT2D eigenvalue weighted by Crippen LogP contribution is -2.14. The van der Waals surface area contributed by atoms with Crippen molar-refractivity contribution in [2.75, 3.05) is 13.7 Å². The molecule has 0 aliphatic carbocycles. The summed E-state index contributed by atoms with van der Waals surface area (Å²) >= 11 is 5.20. The summed E-state index contributed by atoms with van der Waals surface area (Å²) in [6.07, 6.45) is 1.14. The number of halogens is 1. The van der Waals surface area contributed by atoms with Gasteiger partial charge in [0.15, 0.2) is 0 Å². The number of benzene rings is 1. The zero-order valence-electron chi connectivity index (χ0n) is 11.8. The van der Waals surface area contributed by atoms with E-state index in [0.29, 0.717) is 6.61 Å². The van der Waals surface area contributed by atoms with Gasteiger partial charge in [0.2, 0.25) is 0 Å². The molecule has 0 fully saturated rings. The number of rotatable bonds is 7. The second-order valence-electron chi connectivity index (χ2n) is 4.51. The van der Waals surface area contributed by atoms with Crippen LogP contribution in [0.15, 0.2) is 28.7 Å². The molecule has 0 aliphatic rings. The van der Waals surface area contributed by atoms with E-state index in [1.54, 1.807) is 18.4 Å². The lowest BCUT2D eigenvalue weighted by Gasteiger charge is -2.02. The van der Waals surface area contributed by atoms with Crippen molar-refractivity contribution in [3.63, 3.8) is 0 Å². The average molecular weight is 355 g/mol. The number of nitrogens with zero attached hydrogens (tertiary/aromatic N) is 1. The van der Waals surface area contributed by atoms with Crippen molar-refractivity contribution in [2.45, 2.75) is 26.5 Å². The summed E-state index contributed by atoms with van der Waals surface area (Å²) in [7, 11) is 1.71. The molecule has 0 aliphatic heterocycles. The SMILES string of the molecule is CCCNCc1sc(-c2ccc(Br)cc2)nc1COC. The van der Waals surface area contributed by atoms with Gasteiger partial charge in [-0.3, -0.25) is 0 Å². The summed E-state index contributed by atoms with van der Waals surface area (Å²) in [6, 6.07) is 8.26. The number of hydrogen-bond donors (Lipinski definition) is 1. The molecule has 0 unspecified atom stereocenters. The van der Waals surface area contributed by atoms with Crippen molar-refractivity contribution < 1.29 is 4.74 Å². The third kappa shape index (κ3) is 4.12. The lowest BCUT2D eigenvalue weighted by molar-refractivity contribution is 0.181. The molecule has 2 aromatic rings. The summed E-state index contributed by atoms with van der Waals surface area (Å²) in [6.45, 7) is 4.62. The van der Waals surface area contributed by atoms with Crippen LogP contribution in [0.1, 0.15) is 23.9 Å². The molecule has 0 amide bonds. The highest BCUT2D eigenvalue weighted by atomic mass is 79.9. The Morgan fingerprint density at radius 1 is 1.30 bits per heavy atom. The summed E-state index contributed by atoms with van der Waals surface area (Å²) in [4.78, 5) is 5.98. The molecule has 5 heteroatoms. The van der Waals surface area contributed by atoms with Crippen LogP contribution in [0, 0.1) is 0 Å². The fraction of sp³-hybridized carbons (Fsp3) is 0.400. The molecule has 0 spiro atoms. The molecule has 0 atom stereocenters. The maximum atomic E-state index is 5.25. The first-order valence-electron chi connectivity index (χ1n) is 6.68. The second kappa shape index (κ2) is 7.88. The van der Waals surface area contributed by atoms with Gasteiger partial charge in [-0.25, -0.2) is 4.98 Å². The second-order valence-corrected chi connectivity index (χ2v) is 6.50. The predicted molar refractivity (Wildman–Crippen MR) is 88.0 cm³/mol. The van der Waals surface area contributed by atoms with E-state index in [1.807, 2.05) is 12.1 Å². The standard InChI is InChI=1S/C15H19BrN2OS/c1-3-8-17-9-14-13(10-19-2)18-15(20-14)11-4-6-12(16)7-5-11/h4-7,17H,3,8-10H2,1-2H3. The Morgan fingerprint density at radius 2 is 2.05 bits per heavy atom. The summed E-state index contributed by atoms with van der Waals surface area (Å²) in [5, 5.41) is 4.48. The molecule has 1 aromatic carbocycles. The summed E-state index contributed by atoms with van der Waals surface area (Å²) in [5.41, 5.74) is 2.19. The minimum atomic E-state index is 0.566. The molecule has 0 saturated carbocycles. The van der Waals surface area contributed by atoms with Gasteiger partial charge in [-0.15, -0.1) is 11.3 Å². The Bertz CT molecular complexity index is 539. The minimum Gasteiger partial charge on any atom is -0.378 e. The molecule has 1 heterocycles. The van der Waals surface area contributed by atoms with E-state index in [1.165, 1.54) is 4.88 Å². The van der Waals surface area contributed by atoms with Crippen LogP contribution >= 0.6 is 27.3 Å². The zero-order chi connectivity index (χ0) is 14.4. The Hall–Kier alpha value is -0.750. The fourth-order valence-corrected chi connectivity index (χ4v) is 3.17. The molecular formula is C15H19BrN2OS. The average Bonchev–Trinajstić information content (AvgIpc) is 2.84. The van der Waals surface area contributed by atoms with Crippen molar-refractivity contribution in [3.05, 3.63) is 39.3 Å². The number of hydrogen-bond acceptors (Lipinski definition) is 4. The highest BCUT2D eigenvalue weighted by Crippen LogP contribution is 2.29. The smallest absolute Gasteiger partial charge is 0.124 e. The first-order chi connectivity index (χ1) is 9.74. The van der Waals surface area contributed by atoms with Crippen LogP contribution in [-0.4, -0.2) is 18.6 Å². The van der Waals surface area contributed by atoms with Crippen LogP contribution < -0.4 is 5.32 Å². The third-order valence-electron chi connectivity index (χ3n) is 2.86. The van der Waals surface area contributed by atoms with E-state index < -0.39 is 0 Å². The number of aromatic nitrogens is 1. The number of nitrogens with one attached hydrogen (secondary N) is 1. The van der Waals surface area contributed by atoms with Gasteiger partial charge < -0.3 is 10.1 Å². The Balaban J connectivity index is 2.21. The first-order valence-corrected chi connectivity index (χ1v) is 8.29. The highest BCUT2D eigenvalue weighted by Gasteiger charge is 2.12. The lowest BCUT2D eigenvalue weighted by atomic mass is 10.2. The van der Waals surface area contributed by atoms with E-state index in [4.69, 9.17) is 9.72 Å². The van der Waals surface area contributed by atoms with Gasteiger partial charge in [0.1, 0.15) is 5.01 Å². The Morgan fingerprint density at radius 3 is 2.70 bits per heavy atom. The van der Waals surface area contributed by atoms with Crippen molar-refractivity contribution in [2.24, 2.45) is 0 Å². The van der Waals surface area contributed by atoms with Gasteiger partial charge in [0, 0.05) is 28.6 Å². The van der Waals surface area contributed by atoms with Gasteiger partial charge in [-0.1, -0.05) is 35.0 Å². The molecule has 3 nitrogen and oxygen atoms in total. The summed E-state index contributed by atoms with van der Waals surface area (Å²) < 4.78 is 6.34. The topological polar surface area (TPSA) is 34.2 Å². The van der Waals surface area contributed by atoms with Crippen LogP contribution in [-0.2, 0) is 17.9 Å². The van der Waals surface area contributed by atoms with Crippen molar-refractivity contribution >= 4 is 27.3 Å². The number of thiazole rings is 1. The molecule has 0 bridgehead atoms. The van der Waals surface area contributed by atoms with Gasteiger partial charge >= 0.3 is 0 Å². The quantitative estimate of drug-likeness (QED) is 0.755. The predicted octanol–water partition coefficient (Wildman–Crippen LogP) is 4.22. The molecule has 1 aromatic heterocycles. The number of ether oxygens (including phenoxy) is 1. The van der Waals surface area contributed by atoms with Crippen LogP contribution in [0.2, 0.25) is 0 Å². The third-order valence-corrected chi connectivity index (χ3v) is 4.54. The van der Waals surface area contributed by atoms with E-state index in [-0.39, 0.29) is 0 Å². The summed E-state index contributed by atoms with van der Waals surface area (Å²) in [5.74, 6) is 0. The molecule has 108 valence electrons. The highest BCUT2D eigenvalue weighted by molar-refractivity contribution is 9.10. The number of methoxy groups -OCH3 is 1. The van der Waals surface area contributed by atoms with Crippen LogP contribution in [0.3, 0.4) is 0 Å². The van der Waals surface area contributed by atoms with Crippen molar-refractivity contribution in [1.82, 2.24) is 10.3 Å². The van der Waals surface area contributed by atoms with Crippen LogP contribution in [0.5, 0.6) is 0 Å². The largest absolute Gasteiger partial charge is 0.378 e. The van der Waals surface area contributed by atoms with Gasteiger partial charge in [-0.05, 0) is 25.1 Å². The van der Waals surface area contributed by atoms with Crippen LogP contribution in [0.25, 0.3) is 10.6 Å². The van der Waals surface area contributed by atoms with Crippen molar-refractivity contribution in [1.29, 1.82) is 0 Å². The zero-order valence-corrected chi connectivity index (χ0v) is 14.2. The van der Waals surface area contributed by atoms with E-state index >= 15 is 0 Å². The van der Waals surface area contributed by atoms with Crippen LogP contribution in [0.4, 0.5) is 0 Å². The molecule has 1 N–H and O–H groups in total. The van der Waals surface area contributed by atoms with E-state index in [9.17, 15) is 0 Å². The van der Waals surface area contributed by atoms with Crippen molar-refractivity contribution in [3.8, 4) is 10.6 Å². The normalized spacial score (nSPS) is 10.9. The van der Waals surface area contributed by atoms with E-state index in [0.717, 1.165) is 40.2 Å². The maximum absolute atomic E-state index is 5.25. The minimum absolute atomic E-state index is 0.566. The monoisotopic (exact) mass is 354 g/mol. The fourth-order valence-electron chi connectivity index (χ4n) is 1.87. The molecule has 20 heavy (non-hydrogen) atoms. The van der Waals surface area contributed by atoms with E-state index in [2.05, 4.69) is 40.3 Å². The Kier molecular flexibility index (Phi) is 6.16.